The summed E-state index contributed by atoms with van der Waals surface area (Å²) in [6, 6.07) is 7.07. The second-order valence-corrected chi connectivity index (χ2v) is 9.01. The average molecular weight is 496 g/mol. The van der Waals surface area contributed by atoms with Crippen LogP contribution in [0.5, 0.6) is 5.75 Å². The minimum absolute atomic E-state index is 0.0127. The normalized spacial score (nSPS) is 17.6. The van der Waals surface area contributed by atoms with Crippen LogP contribution >= 0.6 is 0 Å². The third-order valence-corrected chi connectivity index (χ3v) is 5.02. The van der Waals surface area contributed by atoms with Gasteiger partial charge in [0.25, 0.3) is 5.91 Å². The Kier molecular flexibility index (Phi) is 10.9. The maximum absolute atomic E-state index is 13.2. The van der Waals surface area contributed by atoms with Gasteiger partial charge in [-0.15, -0.1) is 0 Å². The lowest BCUT2D eigenvalue weighted by Crippen LogP contribution is -2.53. The van der Waals surface area contributed by atoms with Crippen molar-refractivity contribution in [3.8, 4) is 5.75 Å². The van der Waals surface area contributed by atoms with Gasteiger partial charge in [-0.05, 0) is 51.5 Å². The number of hydrazine groups is 1. The molecule has 1 heterocycles. The van der Waals surface area contributed by atoms with E-state index in [-0.39, 0.29) is 38.5 Å². The van der Waals surface area contributed by atoms with Gasteiger partial charge in [-0.25, -0.2) is 10.4 Å². The van der Waals surface area contributed by atoms with Crippen molar-refractivity contribution in [2.75, 3.05) is 40.6 Å². The number of methoxy groups -OCH3 is 2. The van der Waals surface area contributed by atoms with E-state index < -0.39 is 29.3 Å². The Morgan fingerprint density at radius 1 is 1.20 bits per heavy atom. The molecular weight excluding hydrogens is 458 g/mol. The smallest absolute Gasteiger partial charge is 0.306 e. The highest BCUT2D eigenvalue weighted by molar-refractivity contribution is 6.00. The largest absolute Gasteiger partial charge is 0.494 e. The molecule has 0 spiro atoms. The van der Waals surface area contributed by atoms with Crippen LogP contribution in [0, 0.1) is 0 Å². The second-order valence-electron chi connectivity index (χ2n) is 9.01. The van der Waals surface area contributed by atoms with Crippen LogP contribution in [0.25, 0.3) is 0 Å². The predicted molar refractivity (Wildman–Crippen MR) is 128 cm³/mol. The Labute approximate surface area is 206 Å². The standard InChI is InChI=1S/C24H37N3O8/c1-23(2,3)35-19(29)11-12-24(22(30)27-25-15-20(31-4)32-5)16-34-21(26-24)17-7-9-18(10-8-17)33-14-6-13-28/h7-10,20,25,28H,6,11-16H2,1-5H3,(H,27,30)/t24-/m0/s1. The third kappa shape index (κ3) is 9.10. The van der Waals surface area contributed by atoms with Crippen LogP contribution in [0.3, 0.4) is 0 Å². The molecule has 2 rings (SSSR count). The van der Waals surface area contributed by atoms with Crippen molar-refractivity contribution >= 4 is 17.8 Å². The molecular formula is C24H37N3O8. The van der Waals surface area contributed by atoms with Crippen LogP contribution in [-0.2, 0) is 28.5 Å². The average Bonchev–Trinajstić information content (AvgIpc) is 3.26. The molecule has 11 heteroatoms. The lowest BCUT2D eigenvalue weighted by atomic mass is 9.94. The third-order valence-electron chi connectivity index (χ3n) is 5.02. The summed E-state index contributed by atoms with van der Waals surface area (Å²) < 4.78 is 26.9. The van der Waals surface area contributed by atoms with Crippen molar-refractivity contribution in [3.63, 3.8) is 0 Å². The Morgan fingerprint density at radius 2 is 1.89 bits per heavy atom. The van der Waals surface area contributed by atoms with E-state index in [9.17, 15) is 9.59 Å². The van der Waals surface area contributed by atoms with E-state index >= 15 is 0 Å². The number of hydrogen-bond donors (Lipinski definition) is 3. The lowest BCUT2D eigenvalue weighted by molar-refractivity contribution is -0.155. The summed E-state index contributed by atoms with van der Waals surface area (Å²) in [5.74, 6) is 0.0538. The number of benzene rings is 1. The Morgan fingerprint density at radius 3 is 2.49 bits per heavy atom. The molecule has 0 bridgehead atoms. The number of amides is 1. The first kappa shape index (κ1) is 28.5. The minimum Gasteiger partial charge on any atom is -0.494 e. The zero-order chi connectivity index (χ0) is 25.9. The number of aliphatic hydroxyl groups is 1. The van der Waals surface area contributed by atoms with E-state index in [0.29, 0.717) is 24.3 Å². The summed E-state index contributed by atoms with van der Waals surface area (Å²) in [4.78, 5) is 30.1. The molecule has 0 saturated heterocycles. The summed E-state index contributed by atoms with van der Waals surface area (Å²) >= 11 is 0. The number of rotatable bonds is 14. The Bertz CT molecular complexity index is 849. The first-order chi connectivity index (χ1) is 16.6. The molecule has 0 saturated carbocycles. The Hall–Kier alpha value is -2.73. The van der Waals surface area contributed by atoms with E-state index in [0.717, 1.165) is 0 Å². The predicted octanol–water partition coefficient (Wildman–Crippen LogP) is 1.33. The fraction of sp³-hybridized carbons (Fsp3) is 0.625. The van der Waals surface area contributed by atoms with Crippen molar-refractivity contribution in [2.45, 2.75) is 57.5 Å². The molecule has 0 aromatic heterocycles. The van der Waals surface area contributed by atoms with Crippen LogP contribution in [0.4, 0.5) is 0 Å². The van der Waals surface area contributed by atoms with Crippen molar-refractivity contribution < 1.29 is 38.4 Å². The summed E-state index contributed by atoms with van der Waals surface area (Å²) in [6.07, 6.45) is 0.0710. The molecule has 3 N–H and O–H groups in total. The van der Waals surface area contributed by atoms with Gasteiger partial charge in [0.15, 0.2) is 11.8 Å². The van der Waals surface area contributed by atoms with Gasteiger partial charge in [0.1, 0.15) is 18.0 Å². The quantitative estimate of drug-likeness (QED) is 0.151. The van der Waals surface area contributed by atoms with Crippen LogP contribution in [0.1, 0.15) is 45.6 Å². The highest BCUT2D eigenvalue weighted by atomic mass is 16.7. The molecule has 0 fully saturated rings. The second kappa shape index (κ2) is 13.4. The molecule has 0 aliphatic carbocycles. The topological polar surface area (TPSA) is 137 Å². The van der Waals surface area contributed by atoms with Gasteiger partial charge in [0, 0.05) is 39.2 Å². The van der Waals surface area contributed by atoms with E-state index in [1.54, 1.807) is 45.0 Å². The molecule has 196 valence electrons. The minimum atomic E-state index is -1.33. The molecule has 11 nitrogen and oxygen atoms in total. The first-order valence-electron chi connectivity index (χ1n) is 11.5. The molecule has 1 atom stereocenters. The van der Waals surface area contributed by atoms with Crippen molar-refractivity contribution in [2.24, 2.45) is 4.99 Å². The maximum Gasteiger partial charge on any atom is 0.306 e. The molecule has 1 aliphatic heterocycles. The number of nitrogens with zero attached hydrogens (tertiary/aromatic N) is 1. The zero-order valence-corrected chi connectivity index (χ0v) is 21.1. The van der Waals surface area contributed by atoms with Gasteiger partial charge in [-0.2, -0.15) is 0 Å². The number of aliphatic imine (C=N–C) groups is 1. The van der Waals surface area contributed by atoms with E-state index in [4.69, 9.17) is 28.8 Å². The fourth-order valence-corrected chi connectivity index (χ4v) is 3.20. The summed E-state index contributed by atoms with van der Waals surface area (Å²) in [5, 5.41) is 8.87. The fourth-order valence-electron chi connectivity index (χ4n) is 3.20. The number of nitrogens with one attached hydrogen (secondary N) is 2. The van der Waals surface area contributed by atoms with E-state index in [1.165, 1.54) is 14.2 Å². The Balaban J connectivity index is 2.15. The zero-order valence-electron chi connectivity index (χ0n) is 21.1. The number of esters is 1. The lowest BCUT2D eigenvalue weighted by Gasteiger charge is -2.25. The van der Waals surface area contributed by atoms with Crippen molar-refractivity contribution in [3.05, 3.63) is 29.8 Å². The van der Waals surface area contributed by atoms with Crippen molar-refractivity contribution in [1.82, 2.24) is 10.9 Å². The molecule has 0 radical (unpaired) electrons. The number of ether oxygens (including phenoxy) is 5. The van der Waals surface area contributed by atoms with Gasteiger partial charge >= 0.3 is 5.97 Å². The summed E-state index contributed by atoms with van der Waals surface area (Å²) in [5.41, 5.74) is 4.10. The summed E-state index contributed by atoms with van der Waals surface area (Å²) in [6.45, 7) is 5.98. The van der Waals surface area contributed by atoms with Crippen molar-refractivity contribution in [1.29, 1.82) is 0 Å². The van der Waals surface area contributed by atoms with Crippen LogP contribution < -0.4 is 15.6 Å². The highest BCUT2D eigenvalue weighted by Crippen LogP contribution is 2.28. The van der Waals surface area contributed by atoms with Gasteiger partial charge in [-0.3, -0.25) is 15.0 Å². The van der Waals surface area contributed by atoms with Crippen LogP contribution in [-0.4, -0.2) is 80.9 Å². The first-order valence-corrected chi connectivity index (χ1v) is 11.5. The van der Waals surface area contributed by atoms with Gasteiger partial charge in [0.05, 0.1) is 13.2 Å². The number of aliphatic hydroxyl groups excluding tert-OH is 1. The molecule has 0 unspecified atom stereocenters. The highest BCUT2D eigenvalue weighted by Gasteiger charge is 2.45. The molecule has 1 aromatic rings. The molecule has 1 aliphatic rings. The van der Waals surface area contributed by atoms with E-state index in [2.05, 4.69) is 15.8 Å². The van der Waals surface area contributed by atoms with Gasteiger partial charge in [-0.1, -0.05) is 0 Å². The monoisotopic (exact) mass is 495 g/mol. The van der Waals surface area contributed by atoms with Gasteiger partial charge in [0.2, 0.25) is 5.90 Å². The molecule has 35 heavy (non-hydrogen) atoms. The molecule has 1 aromatic carbocycles. The number of carbonyl (C=O) groups excluding carboxylic acids is 2. The number of hydrogen-bond acceptors (Lipinski definition) is 10. The number of carbonyl (C=O) groups is 2. The van der Waals surface area contributed by atoms with Gasteiger partial charge < -0.3 is 28.8 Å². The SMILES string of the molecule is COC(CNNC(=O)[C@]1(CCC(=O)OC(C)(C)C)COC(c2ccc(OCCCO)cc2)=N1)OC. The molecule has 1 amide bonds. The summed E-state index contributed by atoms with van der Waals surface area (Å²) in [7, 11) is 2.98. The maximum atomic E-state index is 13.2. The van der Waals surface area contributed by atoms with E-state index in [1.807, 2.05) is 0 Å². The van der Waals surface area contributed by atoms with Crippen LogP contribution in [0.15, 0.2) is 29.3 Å². The van der Waals surface area contributed by atoms with Crippen LogP contribution in [0.2, 0.25) is 0 Å².